The van der Waals surface area contributed by atoms with Gasteiger partial charge in [0, 0.05) is 24.1 Å². The van der Waals surface area contributed by atoms with Crippen molar-refractivity contribution in [1.82, 2.24) is 4.98 Å². The molecule has 1 saturated carbocycles. The molecule has 2 atom stereocenters. The minimum Gasteiger partial charge on any atom is -0.298 e. The van der Waals surface area contributed by atoms with Crippen molar-refractivity contribution in [3.8, 4) is 0 Å². The Kier molecular flexibility index (Phi) is 4.74. The zero-order chi connectivity index (χ0) is 18.3. The van der Waals surface area contributed by atoms with Crippen LogP contribution < -0.4 is 0 Å². The Labute approximate surface area is 152 Å². The minimum atomic E-state index is -0.605. The van der Waals surface area contributed by atoms with Gasteiger partial charge in [0.2, 0.25) is 0 Å². The van der Waals surface area contributed by atoms with Gasteiger partial charge >= 0.3 is 0 Å². The Morgan fingerprint density at radius 2 is 1.88 bits per heavy atom. The second-order valence-corrected chi connectivity index (χ2v) is 8.07. The molecule has 130 valence electrons. The van der Waals surface area contributed by atoms with Crippen molar-refractivity contribution in [3.05, 3.63) is 57.0 Å². The maximum Gasteiger partial charge on any atom is 0.151 e. The Bertz CT molecular complexity index is 855. The van der Waals surface area contributed by atoms with Crippen LogP contribution in [-0.4, -0.2) is 16.6 Å². The van der Waals surface area contributed by atoms with Gasteiger partial charge in [-0.25, -0.2) is 4.98 Å². The lowest BCUT2D eigenvalue weighted by molar-refractivity contribution is -0.124. The highest BCUT2D eigenvalue weighted by Crippen LogP contribution is 2.37. The predicted octanol–water partition coefficient (Wildman–Crippen LogP) is 4.59. The zero-order valence-corrected chi connectivity index (χ0v) is 16.0. The minimum absolute atomic E-state index is 0.0433. The summed E-state index contributed by atoms with van der Waals surface area (Å²) in [7, 11) is 0. The molecule has 0 aliphatic heterocycles. The fourth-order valence-corrected chi connectivity index (χ4v) is 4.74. The molecule has 25 heavy (non-hydrogen) atoms. The number of rotatable bonds is 4. The van der Waals surface area contributed by atoms with Crippen molar-refractivity contribution in [2.75, 3.05) is 0 Å². The number of allylic oxidation sites excluding steroid dienone is 1. The van der Waals surface area contributed by atoms with Gasteiger partial charge in [0.25, 0.3) is 0 Å². The van der Waals surface area contributed by atoms with Crippen molar-refractivity contribution in [2.24, 2.45) is 5.92 Å². The van der Waals surface area contributed by atoms with E-state index in [0.29, 0.717) is 12.8 Å². The summed E-state index contributed by atoms with van der Waals surface area (Å²) in [5.74, 6) is -0.776. The number of carbonyl (C=O) groups is 2. The van der Waals surface area contributed by atoms with E-state index in [0.717, 1.165) is 38.5 Å². The fraction of sp³-hybridized carbons (Fsp3) is 0.381. The molecule has 0 amide bonds. The molecule has 2 aromatic rings. The summed E-state index contributed by atoms with van der Waals surface area (Å²) < 4.78 is 0. The van der Waals surface area contributed by atoms with Gasteiger partial charge in [-0.3, -0.25) is 9.59 Å². The number of Topliss-reactive ketones (excluding diaryl/α,β-unsaturated/α-hetero) is 2. The van der Waals surface area contributed by atoms with Crippen molar-refractivity contribution in [2.45, 2.75) is 46.5 Å². The van der Waals surface area contributed by atoms with Crippen LogP contribution in [0.4, 0.5) is 0 Å². The van der Waals surface area contributed by atoms with Crippen molar-refractivity contribution in [1.29, 1.82) is 0 Å². The molecule has 1 heterocycles. The topological polar surface area (TPSA) is 47.0 Å². The first kappa shape index (κ1) is 17.7. The summed E-state index contributed by atoms with van der Waals surface area (Å²) in [6.07, 6.45) is 0.862. The van der Waals surface area contributed by atoms with Crippen LogP contribution in [0.25, 0.3) is 5.57 Å². The highest BCUT2D eigenvalue weighted by Gasteiger charge is 2.43. The third-order valence-corrected chi connectivity index (χ3v) is 5.76. The normalized spacial score (nSPS) is 20.3. The first-order valence-corrected chi connectivity index (χ1v) is 9.40. The Morgan fingerprint density at radius 3 is 2.44 bits per heavy atom. The number of carbonyl (C=O) groups excluding carboxylic acids is 2. The smallest absolute Gasteiger partial charge is 0.151 e. The number of benzene rings is 1. The van der Waals surface area contributed by atoms with Crippen LogP contribution in [0.5, 0.6) is 0 Å². The Hall–Kier alpha value is -2.07. The third kappa shape index (κ3) is 3.36. The maximum atomic E-state index is 13.0. The lowest BCUT2D eigenvalue weighted by Gasteiger charge is -2.16. The van der Waals surface area contributed by atoms with Gasteiger partial charge in [-0.05, 0) is 50.0 Å². The molecule has 0 bridgehead atoms. The van der Waals surface area contributed by atoms with Gasteiger partial charge in [0.05, 0.1) is 10.7 Å². The van der Waals surface area contributed by atoms with Crippen LogP contribution in [0, 0.1) is 26.7 Å². The van der Waals surface area contributed by atoms with Crippen LogP contribution in [0.2, 0.25) is 0 Å². The summed E-state index contributed by atoms with van der Waals surface area (Å²) in [5, 5.41) is 2.87. The van der Waals surface area contributed by atoms with Crippen LogP contribution in [0.1, 0.15) is 52.2 Å². The van der Waals surface area contributed by atoms with E-state index in [9.17, 15) is 9.59 Å². The quantitative estimate of drug-likeness (QED) is 0.756. The van der Waals surface area contributed by atoms with E-state index in [-0.39, 0.29) is 17.5 Å². The van der Waals surface area contributed by atoms with Crippen LogP contribution >= 0.6 is 11.3 Å². The van der Waals surface area contributed by atoms with E-state index in [2.05, 4.69) is 23.7 Å². The van der Waals surface area contributed by atoms with Gasteiger partial charge in [0.15, 0.2) is 5.78 Å². The number of thiazole rings is 1. The van der Waals surface area contributed by atoms with E-state index in [1.807, 2.05) is 33.1 Å². The molecule has 4 heteroatoms. The number of hydrogen-bond donors (Lipinski definition) is 0. The van der Waals surface area contributed by atoms with E-state index in [4.69, 9.17) is 0 Å². The van der Waals surface area contributed by atoms with Crippen molar-refractivity contribution >= 4 is 28.5 Å². The van der Waals surface area contributed by atoms with E-state index in [1.54, 1.807) is 0 Å². The summed E-state index contributed by atoms with van der Waals surface area (Å²) >= 11 is 1.54. The molecule has 2 unspecified atom stereocenters. The molecule has 1 aromatic carbocycles. The Morgan fingerprint density at radius 1 is 1.24 bits per heavy atom. The van der Waals surface area contributed by atoms with E-state index >= 15 is 0 Å². The molecule has 0 saturated heterocycles. The first-order valence-electron chi connectivity index (χ1n) is 8.52. The monoisotopic (exact) mass is 353 g/mol. The summed E-state index contributed by atoms with van der Waals surface area (Å²) in [5.41, 5.74) is 5.92. The highest BCUT2D eigenvalue weighted by molar-refractivity contribution is 7.09. The molecular formula is C21H23NO2S. The summed E-state index contributed by atoms with van der Waals surface area (Å²) in [6, 6.07) is 4.10. The number of nitrogens with zero attached hydrogens (tertiary/aromatic N) is 1. The first-order chi connectivity index (χ1) is 11.8. The fourth-order valence-electron chi connectivity index (χ4n) is 3.79. The number of hydrogen-bond acceptors (Lipinski definition) is 4. The standard InChI is InChI=1S/C21H23NO2S/c1-11(2)16-10-25-18(22-16)9-15-8-17(23)20(21(15)24)19-13(4)6-12(3)7-14(19)5/h6-7,10,15,20H,1,8-9H2,2-5H3. The Balaban J connectivity index is 1.86. The van der Waals surface area contributed by atoms with Crippen LogP contribution in [0.3, 0.4) is 0 Å². The van der Waals surface area contributed by atoms with Gasteiger partial charge < -0.3 is 0 Å². The lowest BCUT2D eigenvalue weighted by atomic mass is 9.86. The highest BCUT2D eigenvalue weighted by atomic mass is 32.1. The number of aromatic nitrogens is 1. The third-order valence-electron chi connectivity index (χ3n) is 4.89. The molecule has 0 spiro atoms. The van der Waals surface area contributed by atoms with Crippen LogP contribution in [0.15, 0.2) is 24.1 Å². The number of ketones is 2. The van der Waals surface area contributed by atoms with E-state index < -0.39 is 5.92 Å². The van der Waals surface area contributed by atoms with Gasteiger partial charge in [0.1, 0.15) is 11.7 Å². The molecule has 0 N–H and O–H groups in total. The average molecular weight is 353 g/mol. The molecule has 1 fully saturated rings. The average Bonchev–Trinajstić information content (AvgIpc) is 3.07. The SMILES string of the molecule is C=C(C)c1csc(CC2CC(=O)C(c3c(C)cc(C)cc3C)C2=O)n1. The maximum absolute atomic E-state index is 13.0. The van der Waals surface area contributed by atoms with Crippen LogP contribution in [-0.2, 0) is 16.0 Å². The molecule has 3 nitrogen and oxygen atoms in total. The molecule has 1 aromatic heterocycles. The van der Waals surface area contributed by atoms with Gasteiger partial charge in [-0.1, -0.05) is 24.3 Å². The lowest BCUT2D eigenvalue weighted by Crippen LogP contribution is -2.18. The van der Waals surface area contributed by atoms with Gasteiger partial charge in [-0.15, -0.1) is 11.3 Å². The summed E-state index contributed by atoms with van der Waals surface area (Å²) in [6.45, 7) is 11.8. The molecular weight excluding hydrogens is 330 g/mol. The van der Waals surface area contributed by atoms with Crippen molar-refractivity contribution < 1.29 is 9.59 Å². The molecule has 1 aliphatic rings. The predicted molar refractivity (Wildman–Crippen MR) is 102 cm³/mol. The van der Waals surface area contributed by atoms with E-state index in [1.165, 1.54) is 11.3 Å². The number of aryl methyl sites for hydroxylation is 3. The van der Waals surface area contributed by atoms with Crippen molar-refractivity contribution in [3.63, 3.8) is 0 Å². The largest absolute Gasteiger partial charge is 0.298 e. The van der Waals surface area contributed by atoms with Gasteiger partial charge in [-0.2, -0.15) is 0 Å². The molecule has 0 radical (unpaired) electrons. The second kappa shape index (κ2) is 6.68. The molecule has 1 aliphatic carbocycles. The zero-order valence-electron chi connectivity index (χ0n) is 15.2. The summed E-state index contributed by atoms with van der Waals surface area (Å²) in [4.78, 5) is 30.2. The second-order valence-electron chi connectivity index (χ2n) is 7.13. The molecule has 3 rings (SSSR count).